The Hall–Kier alpha value is -3.52. The summed E-state index contributed by atoms with van der Waals surface area (Å²) in [5.41, 5.74) is 2.04. The lowest BCUT2D eigenvalue weighted by molar-refractivity contribution is 0.0512. The van der Waals surface area contributed by atoms with Gasteiger partial charge in [-0.1, -0.05) is 41.0 Å². The number of aromatic nitrogens is 3. The molecule has 0 amide bonds. The molecule has 4 rings (SSSR count). The number of nitrogens with zero attached hydrogens (tertiary/aromatic N) is 3. The first-order valence-corrected chi connectivity index (χ1v) is 9.51. The van der Waals surface area contributed by atoms with Crippen molar-refractivity contribution in [2.75, 3.05) is 11.9 Å². The summed E-state index contributed by atoms with van der Waals surface area (Å²) in [5, 5.41) is 8.29. The lowest BCUT2D eigenvalue weighted by Gasteiger charge is -2.09. The number of fused-ring (bicyclic) bond motifs is 1. The molecule has 0 aliphatic rings. The fourth-order valence-corrected chi connectivity index (χ4v) is 3.03. The fourth-order valence-electron chi connectivity index (χ4n) is 2.91. The average Bonchev–Trinajstić information content (AvgIpc) is 3.17. The van der Waals surface area contributed by atoms with Gasteiger partial charge in [-0.05, 0) is 36.8 Å². The molecule has 7 nitrogen and oxygen atoms in total. The Balaban J connectivity index is 1.79. The fraction of sp³-hybridized carbons (Fsp3) is 0.143. The van der Waals surface area contributed by atoms with E-state index in [1.165, 1.54) is 12.1 Å². The summed E-state index contributed by atoms with van der Waals surface area (Å²) < 4.78 is 23.9. The Kier molecular flexibility index (Phi) is 5.58. The predicted molar refractivity (Wildman–Crippen MR) is 110 cm³/mol. The van der Waals surface area contributed by atoms with Crippen molar-refractivity contribution in [3.8, 4) is 11.3 Å². The molecule has 0 aliphatic heterocycles. The van der Waals surface area contributed by atoms with Crippen LogP contribution in [0.2, 0.25) is 5.02 Å². The monoisotopic (exact) mass is 426 g/mol. The number of benzene rings is 2. The molecule has 0 radical (unpaired) electrons. The number of carbonyl (C=O) groups is 1. The maximum atomic E-state index is 13.5. The van der Waals surface area contributed by atoms with Crippen molar-refractivity contribution in [2.45, 2.75) is 13.5 Å². The summed E-state index contributed by atoms with van der Waals surface area (Å²) in [5.74, 6) is -0.873. The molecule has 0 saturated carbocycles. The van der Waals surface area contributed by atoms with Crippen LogP contribution in [0.25, 0.3) is 22.4 Å². The van der Waals surface area contributed by atoms with Crippen molar-refractivity contribution in [1.29, 1.82) is 0 Å². The quantitative estimate of drug-likeness (QED) is 0.440. The van der Waals surface area contributed by atoms with Crippen molar-refractivity contribution in [1.82, 2.24) is 15.1 Å². The summed E-state index contributed by atoms with van der Waals surface area (Å²) >= 11 is 5.98. The zero-order chi connectivity index (χ0) is 21.1. The molecule has 0 saturated heterocycles. The van der Waals surface area contributed by atoms with Gasteiger partial charge in [-0.3, -0.25) is 0 Å². The third-order valence-corrected chi connectivity index (χ3v) is 4.51. The van der Waals surface area contributed by atoms with Gasteiger partial charge in [0.25, 0.3) is 5.71 Å². The molecule has 2 aromatic heterocycles. The van der Waals surface area contributed by atoms with E-state index in [2.05, 4.69) is 20.4 Å². The SMILES string of the molecule is CCOC(=O)c1nc(NCc2cccc(F)c2)c2c(-c3ccc(Cl)cc3)noc2n1. The zero-order valence-corrected chi connectivity index (χ0v) is 16.6. The van der Waals surface area contributed by atoms with Gasteiger partial charge in [0.05, 0.1) is 6.61 Å². The van der Waals surface area contributed by atoms with Crippen LogP contribution in [0.15, 0.2) is 53.1 Å². The standard InChI is InChI=1S/C21H16ClFN4O3/c1-2-29-21(28)19-25-18(24-11-12-4-3-5-15(23)10-12)16-17(27-30-20(16)26-19)13-6-8-14(22)9-7-13/h3-10H,2,11H2,1H3,(H,24,25,26). The van der Waals surface area contributed by atoms with Crippen LogP contribution in [0.5, 0.6) is 0 Å². The van der Waals surface area contributed by atoms with E-state index in [4.69, 9.17) is 20.9 Å². The molecule has 0 unspecified atom stereocenters. The minimum Gasteiger partial charge on any atom is -0.460 e. The number of hydrogen-bond donors (Lipinski definition) is 1. The van der Waals surface area contributed by atoms with E-state index >= 15 is 0 Å². The van der Waals surface area contributed by atoms with Crippen molar-refractivity contribution >= 4 is 34.5 Å². The highest BCUT2D eigenvalue weighted by Gasteiger charge is 2.22. The Labute approximate surface area is 175 Å². The van der Waals surface area contributed by atoms with Gasteiger partial charge in [-0.25, -0.2) is 14.2 Å². The van der Waals surface area contributed by atoms with E-state index in [0.29, 0.717) is 27.5 Å². The number of carbonyl (C=O) groups excluding carboxylic acids is 1. The van der Waals surface area contributed by atoms with Crippen molar-refractivity contribution in [3.05, 3.63) is 70.8 Å². The molecule has 1 N–H and O–H groups in total. The van der Waals surface area contributed by atoms with Crippen LogP contribution in [0.4, 0.5) is 10.2 Å². The van der Waals surface area contributed by atoms with Gasteiger partial charge < -0.3 is 14.6 Å². The second-order valence-corrected chi connectivity index (χ2v) is 6.75. The second kappa shape index (κ2) is 8.46. The van der Waals surface area contributed by atoms with Gasteiger partial charge in [0.15, 0.2) is 0 Å². The minimum absolute atomic E-state index is 0.125. The van der Waals surface area contributed by atoms with Crippen LogP contribution in [0.3, 0.4) is 0 Å². The number of nitrogens with one attached hydrogen (secondary N) is 1. The van der Waals surface area contributed by atoms with Crippen LogP contribution in [0, 0.1) is 5.82 Å². The van der Waals surface area contributed by atoms with Crippen molar-refractivity contribution in [2.24, 2.45) is 0 Å². The Morgan fingerprint density at radius 3 is 2.73 bits per heavy atom. The van der Waals surface area contributed by atoms with Gasteiger partial charge in [0.1, 0.15) is 22.7 Å². The number of ether oxygens (including phenoxy) is 1. The maximum Gasteiger partial charge on any atom is 0.376 e. The number of hydrogen-bond acceptors (Lipinski definition) is 7. The molecule has 0 atom stereocenters. The van der Waals surface area contributed by atoms with Crippen LogP contribution >= 0.6 is 11.6 Å². The molecule has 30 heavy (non-hydrogen) atoms. The number of esters is 1. The maximum absolute atomic E-state index is 13.5. The van der Waals surface area contributed by atoms with E-state index in [1.54, 1.807) is 43.3 Å². The van der Waals surface area contributed by atoms with Crippen molar-refractivity contribution in [3.63, 3.8) is 0 Å². The summed E-state index contributed by atoms with van der Waals surface area (Å²) in [6.45, 7) is 2.13. The highest BCUT2D eigenvalue weighted by Crippen LogP contribution is 2.32. The van der Waals surface area contributed by atoms with Gasteiger partial charge in [-0.2, -0.15) is 4.98 Å². The summed E-state index contributed by atoms with van der Waals surface area (Å²) in [4.78, 5) is 20.6. The van der Waals surface area contributed by atoms with Crippen molar-refractivity contribution < 1.29 is 18.4 Å². The first-order valence-electron chi connectivity index (χ1n) is 9.14. The first kappa shape index (κ1) is 19.8. The largest absolute Gasteiger partial charge is 0.460 e. The highest BCUT2D eigenvalue weighted by molar-refractivity contribution is 6.30. The third-order valence-electron chi connectivity index (χ3n) is 4.26. The molecule has 0 fully saturated rings. The Morgan fingerprint density at radius 2 is 2.00 bits per heavy atom. The Morgan fingerprint density at radius 1 is 1.20 bits per heavy atom. The lowest BCUT2D eigenvalue weighted by atomic mass is 10.1. The molecule has 0 aliphatic carbocycles. The normalized spacial score (nSPS) is 10.9. The lowest BCUT2D eigenvalue weighted by Crippen LogP contribution is -2.12. The van der Waals surface area contributed by atoms with E-state index < -0.39 is 5.97 Å². The second-order valence-electron chi connectivity index (χ2n) is 6.32. The molecule has 2 heterocycles. The molecule has 0 spiro atoms. The molecule has 4 aromatic rings. The number of halogens is 2. The van der Waals surface area contributed by atoms with Crippen LogP contribution < -0.4 is 5.32 Å². The van der Waals surface area contributed by atoms with Gasteiger partial charge in [0.2, 0.25) is 5.82 Å². The molecule has 9 heteroatoms. The highest BCUT2D eigenvalue weighted by atomic mass is 35.5. The van der Waals surface area contributed by atoms with Crippen LogP contribution in [-0.2, 0) is 11.3 Å². The summed E-state index contributed by atoms with van der Waals surface area (Å²) in [6.07, 6.45) is 0. The minimum atomic E-state index is -0.683. The summed E-state index contributed by atoms with van der Waals surface area (Å²) in [6, 6.07) is 13.2. The van der Waals surface area contributed by atoms with Crippen LogP contribution in [0.1, 0.15) is 23.1 Å². The van der Waals surface area contributed by atoms with Gasteiger partial charge in [0, 0.05) is 17.1 Å². The number of rotatable bonds is 6. The van der Waals surface area contributed by atoms with E-state index in [-0.39, 0.29) is 30.5 Å². The number of anilines is 1. The Bertz CT molecular complexity index is 1210. The van der Waals surface area contributed by atoms with E-state index in [1.807, 2.05) is 0 Å². The topological polar surface area (TPSA) is 90.1 Å². The zero-order valence-electron chi connectivity index (χ0n) is 15.9. The van der Waals surface area contributed by atoms with Gasteiger partial charge in [-0.15, -0.1) is 0 Å². The molecule has 0 bridgehead atoms. The molecule has 2 aromatic carbocycles. The van der Waals surface area contributed by atoms with E-state index in [0.717, 1.165) is 5.56 Å². The first-order chi connectivity index (χ1) is 14.5. The smallest absolute Gasteiger partial charge is 0.376 e. The van der Waals surface area contributed by atoms with E-state index in [9.17, 15) is 9.18 Å². The molecular weight excluding hydrogens is 411 g/mol. The molecular formula is C21H16ClFN4O3. The average molecular weight is 427 g/mol. The molecule has 152 valence electrons. The third kappa shape index (κ3) is 4.08. The van der Waals surface area contributed by atoms with Gasteiger partial charge >= 0.3 is 5.97 Å². The summed E-state index contributed by atoms with van der Waals surface area (Å²) in [7, 11) is 0. The van der Waals surface area contributed by atoms with Crippen LogP contribution in [-0.4, -0.2) is 27.7 Å². The predicted octanol–water partition coefficient (Wildman–Crippen LogP) is 4.87.